The van der Waals surface area contributed by atoms with Crippen molar-refractivity contribution in [3.05, 3.63) is 28.2 Å². The summed E-state index contributed by atoms with van der Waals surface area (Å²) in [6.07, 6.45) is -0.383. The van der Waals surface area contributed by atoms with Crippen molar-refractivity contribution < 1.29 is 18.3 Å². The Balaban J connectivity index is 2.10. The number of benzene rings is 1. The van der Waals surface area contributed by atoms with E-state index in [4.69, 9.17) is 4.74 Å². The number of nitrogens with zero attached hydrogens (tertiary/aromatic N) is 2. The number of anilines is 1. The van der Waals surface area contributed by atoms with Crippen molar-refractivity contribution in [2.45, 2.75) is 39.3 Å². The van der Waals surface area contributed by atoms with Gasteiger partial charge in [0.05, 0.1) is 10.2 Å². The summed E-state index contributed by atoms with van der Waals surface area (Å²) in [4.78, 5) is 15.5. The van der Waals surface area contributed by atoms with Crippen LogP contribution in [0.15, 0.2) is 16.6 Å². The number of halogens is 3. The van der Waals surface area contributed by atoms with Crippen molar-refractivity contribution in [2.24, 2.45) is 0 Å². The minimum absolute atomic E-state index is 0.0961. The molecular formula is C16H21BrF2N2O2. The summed E-state index contributed by atoms with van der Waals surface area (Å²) in [5.74, 6) is -1.00. The summed E-state index contributed by atoms with van der Waals surface area (Å²) in [6, 6.07) is 2.16. The predicted octanol–water partition coefficient (Wildman–Crippen LogP) is 4.17. The smallest absolute Gasteiger partial charge is 0.410 e. The molecule has 0 bridgehead atoms. The van der Waals surface area contributed by atoms with Crippen LogP contribution in [0, 0.1) is 11.6 Å². The van der Waals surface area contributed by atoms with Crippen molar-refractivity contribution in [1.82, 2.24) is 4.90 Å². The molecule has 0 saturated carbocycles. The van der Waals surface area contributed by atoms with Gasteiger partial charge in [0, 0.05) is 31.7 Å². The van der Waals surface area contributed by atoms with E-state index in [9.17, 15) is 13.6 Å². The first kappa shape index (κ1) is 18.0. The van der Waals surface area contributed by atoms with Gasteiger partial charge in [-0.1, -0.05) is 0 Å². The highest BCUT2D eigenvalue weighted by Crippen LogP contribution is 2.29. The number of amides is 1. The second-order valence-corrected chi connectivity index (χ2v) is 7.54. The van der Waals surface area contributed by atoms with Gasteiger partial charge in [0.25, 0.3) is 0 Å². The third-order valence-electron chi connectivity index (χ3n) is 3.58. The minimum atomic E-state index is -0.557. The summed E-state index contributed by atoms with van der Waals surface area (Å²) in [6.45, 7) is 8.51. The first-order valence-electron chi connectivity index (χ1n) is 7.47. The Bertz CT molecular complexity index is 604. The second-order valence-electron chi connectivity index (χ2n) is 6.69. The van der Waals surface area contributed by atoms with E-state index >= 15 is 0 Å². The first-order valence-corrected chi connectivity index (χ1v) is 8.27. The number of rotatable bonds is 1. The van der Waals surface area contributed by atoms with Crippen molar-refractivity contribution in [1.29, 1.82) is 0 Å². The predicted molar refractivity (Wildman–Crippen MR) is 88.7 cm³/mol. The molecule has 23 heavy (non-hydrogen) atoms. The molecule has 0 unspecified atom stereocenters. The average Bonchev–Trinajstić information content (AvgIpc) is 2.41. The van der Waals surface area contributed by atoms with Crippen molar-refractivity contribution >= 4 is 27.7 Å². The van der Waals surface area contributed by atoms with Gasteiger partial charge in [-0.25, -0.2) is 13.6 Å². The summed E-state index contributed by atoms with van der Waals surface area (Å²) in [7, 11) is 0. The summed E-state index contributed by atoms with van der Waals surface area (Å²) < 4.78 is 33.3. The molecule has 7 heteroatoms. The Morgan fingerprint density at radius 1 is 1.26 bits per heavy atom. The molecule has 1 aliphatic rings. The lowest BCUT2D eigenvalue weighted by atomic mass is 10.1. The highest BCUT2D eigenvalue weighted by molar-refractivity contribution is 9.10. The largest absolute Gasteiger partial charge is 0.444 e. The van der Waals surface area contributed by atoms with Crippen LogP contribution in [0.1, 0.15) is 27.7 Å². The topological polar surface area (TPSA) is 32.8 Å². The molecule has 1 amide bonds. The fraction of sp³-hybridized carbons (Fsp3) is 0.562. The highest BCUT2D eigenvalue weighted by atomic mass is 79.9. The van der Waals surface area contributed by atoms with Gasteiger partial charge >= 0.3 is 6.09 Å². The van der Waals surface area contributed by atoms with E-state index in [-0.39, 0.29) is 22.3 Å². The molecular weight excluding hydrogens is 370 g/mol. The van der Waals surface area contributed by atoms with E-state index in [0.29, 0.717) is 19.6 Å². The Morgan fingerprint density at radius 3 is 2.48 bits per heavy atom. The second kappa shape index (κ2) is 6.63. The lowest BCUT2D eigenvalue weighted by Gasteiger charge is -2.41. The summed E-state index contributed by atoms with van der Waals surface area (Å²) >= 11 is 2.97. The standard InChI is InChI=1S/C16H21BrF2N2O2/c1-10-9-20(15(22)23-16(2,3)4)5-6-21(10)14-8-12(18)11(17)7-13(14)19/h7-8,10H,5-6,9H2,1-4H3/t10-/m1/s1. The number of carbonyl (C=O) groups is 1. The molecule has 0 aromatic heterocycles. The molecule has 1 aromatic rings. The van der Waals surface area contributed by atoms with Gasteiger partial charge in [-0.15, -0.1) is 0 Å². The third kappa shape index (κ3) is 4.34. The van der Waals surface area contributed by atoms with Crippen LogP contribution in [0.4, 0.5) is 19.3 Å². The van der Waals surface area contributed by atoms with Gasteiger partial charge < -0.3 is 14.5 Å². The highest BCUT2D eigenvalue weighted by Gasteiger charge is 2.31. The maximum atomic E-state index is 14.1. The molecule has 1 heterocycles. The third-order valence-corrected chi connectivity index (χ3v) is 4.19. The zero-order valence-electron chi connectivity index (χ0n) is 13.7. The van der Waals surface area contributed by atoms with Crippen LogP contribution in [0.3, 0.4) is 0 Å². The Kier molecular flexibility index (Phi) is 5.18. The quantitative estimate of drug-likeness (QED) is 0.674. The van der Waals surface area contributed by atoms with E-state index in [1.165, 1.54) is 6.07 Å². The van der Waals surface area contributed by atoms with Crippen molar-refractivity contribution in [3.63, 3.8) is 0 Å². The fourth-order valence-corrected chi connectivity index (χ4v) is 2.86. The molecule has 128 valence electrons. The molecule has 1 saturated heterocycles. The van der Waals surface area contributed by atoms with Gasteiger partial charge in [0.1, 0.15) is 17.2 Å². The van der Waals surface area contributed by atoms with Gasteiger partial charge in [-0.05, 0) is 49.7 Å². The molecule has 1 aromatic carbocycles. The maximum Gasteiger partial charge on any atom is 0.410 e. The molecule has 1 fully saturated rings. The van der Waals surface area contributed by atoms with Crippen LogP contribution in [-0.4, -0.2) is 42.3 Å². The van der Waals surface area contributed by atoms with Crippen molar-refractivity contribution in [2.75, 3.05) is 24.5 Å². The molecule has 4 nitrogen and oxygen atoms in total. The van der Waals surface area contributed by atoms with E-state index < -0.39 is 17.2 Å². The average molecular weight is 391 g/mol. The fourth-order valence-electron chi connectivity index (χ4n) is 2.54. The Morgan fingerprint density at radius 2 is 1.91 bits per heavy atom. The molecule has 0 spiro atoms. The molecule has 2 rings (SSSR count). The van der Waals surface area contributed by atoms with Gasteiger partial charge in [-0.2, -0.15) is 0 Å². The van der Waals surface area contributed by atoms with Crippen LogP contribution in [-0.2, 0) is 4.74 Å². The van der Waals surface area contributed by atoms with Gasteiger partial charge in [-0.3, -0.25) is 0 Å². The van der Waals surface area contributed by atoms with Crippen LogP contribution >= 0.6 is 15.9 Å². The van der Waals surface area contributed by atoms with Crippen LogP contribution < -0.4 is 4.90 Å². The van der Waals surface area contributed by atoms with E-state index in [2.05, 4.69) is 15.9 Å². The van der Waals surface area contributed by atoms with Crippen LogP contribution in [0.2, 0.25) is 0 Å². The van der Waals surface area contributed by atoms with Gasteiger partial charge in [0.2, 0.25) is 0 Å². The lowest BCUT2D eigenvalue weighted by molar-refractivity contribution is 0.0218. The monoisotopic (exact) mass is 390 g/mol. The van der Waals surface area contributed by atoms with Crippen molar-refractivity contribution in [3.8, 4) is 0 Å². The molecule has 1 atom stereocenters. The number of piperazine rings is 1. The first-order chi connectivity index (χ1) is 10.6. The number of carbonyl (C=O) groups excluding carboxylic acids is 1. The Hall–Kier alpha value is -1.37. The SMILES string of the molecule is C[C@@H]1CN(C(=O)OC(C)(C)C)CCN1c1cc(F)c(Br)cc1F. The number of hydrogen-bond donors (Lipinski definition) is 0. The maximum absolute atomic E-state index is 14.1. The molecule has 1 aliphatic heterocycles. The van der Waals surface area contributed by atoms with Crippen LogP contribution in [0.5, 0.6) is 0 Å². The normalized spacial score (nSPS) is 19.0. The van der Waals surface area contributed by atoms with Gasteiger partial charge in [0.15, 0.2) is 0 Å². The van der Waals surface area contributed by atoms with E-state index in [1.54, 1.807) is 9.80 Å². The minimum Gasteiger partial charge on any atom is -0.444 e. The Labute approximate surface area is 143 Å². The van der Waals surface area contributed by atoms with Crippen LogP contribution in [0.25, 0.3) is 0 Å². The van der Waals surface area contributed by atoms with E-state index in [0.717, 1.165) is 6.07 Å². The summed E-state index contributed by atoms with van der Waals surface area (Å²) in [5, 5.41) is 0. The van der Waals surface area contributed by atoms with E-state index in [1.807, 2.05) is 27.7 Å². The zero-order chi connectivity index (χ0) is 17.4. The number of ether oxygens (including phenoxy) is 1. The lowest BCUT2D eigenvalue weighted by Crippen LogP contribution is -2.54. The number of hydrogen-bond acceptors (Lipinski definition) is 3. The summed E-state index contributed by atoms with van der Waals surface area (Å²) in [5.41, 5.74) is -0.347. The molecule has 0 aliphatic carbocycles. The molecule has 0 N–H and O–H groups in total. The molecule has 0 radical (unpaired) electrons. The zero-order valence-corrected chi connectivity index (χ0v) is 15.3.